The van der Waals surface area contributed by atoms with E-state index in [-0.39, 0.29) is 6.10 Å². The third-order valence-corrected chi connectivity index (χ3v) is 4.37. The molecule has 0 saturated carbocycles. The van der Waals surface area contributed by atoms with Gasteiger partial charge in [0.2, 0.25) is 0 Å². The first-order valence-electron chi connectivity index (χ1n) is 9.20. The average Bonchev–Trinajstić information content (AvgIpc) is 2.76. The number of nitrogens with zero attached hydrogens (tertiary/aromatic N) is 1. The molecule has 5 nitrogen and oxygen atoms in total. The number of hydrogen-bond acceptors (Lipinski definition) is 4. The number of hydrazone groups is 1. The normalized spacial score (nSPS) is 11.7. The highest BCUT2D eigenvalue weighted by Gasteiger charge is 2.11. The number of nitrogens with one attached hydrogen (secondary N) is 2. The maximum absolute atomic E-state index is 6.07. The summed E-state index contributed by atoms with van der Waals surface area (Å²) in [7, 11) is 1.62. The minimum atomic E-state index is -0.0901. The van der Waals surface area contributed by atoms with Crippen LogP contribution < -0.4 is 20.2 Å². The van der Waals surface area contributed by atoms with Crippen molar-refractivity contribution in [3.8, 4) is 11.5 Å². The van der Waals surface area contributed by atoms with E-state index >= 15 is 0 Å². The smallest absolute Gasteiger partial charge is 0.191 e. The zero-order valence-electron chi connectivity index (χ0n) is 16.3. The Balaban J connectivity index is 1.60. The lowest BCUT2D eigenvalue weighted by Gasteiger charge is -2.17. The van der Waals surface area contributed by atoms with Crippen molar-refractivity contribution >= 4 is 29.2 Å². The molecule has 1 atom stereocenters. The standard InChI is InChI=1S/C23H23N3O2S/c1-17(19-9-5-3-6-10-19)28-21-14-13-18(15-22(21)27-2)16-24-26-23(29)25-20-11-7-4-8-12-20/h3-17H,1-2H3,(H2,25,26,29)/b24-16+. The summed E-state index contributed by atoms with van der Waals surface area (Å²) in [5.74, 6) is 1.32. The van der Waals surface area contributed by atoms with E-state index in [9.17, 15) is 0 Å². The number of anilines is 1. The molecule has 0 aromatic heterocycles. The number of para-hydroxylation sites is 1. The van der Waals surface area contributed by atoms with Gasteiger partial charge in [0, 0.05) is 5.69 Å². The van der Waals surface area contributed by atoms with E-state index in [2.05, 4.69) is 15.8 Å². The molecule has 0 saturated heterocycles. The molecule has 0 amide bonds. The van der Waals surface area contributed by atoms with Gasteiger partial charge in [0.1, 0.15) is 6.10 Å². The van der Waals surface area contributed by atoms with Crippen molar-refractivity contribution in [3.63, 3.8) is 0 Å². The molecule has 0 bridgehead atoms. The van der Waals surface area contributed by atoms with Crippen LogP contribution in [0.3, 0.4) is 0 Å². The van der Waals surface area contributed by atoms with Gasteiger partial charge in [-0.2, -0.15) is 5.10 Å². The van der Waals surface area contributed by atoms with Crippen LogP contribution in [0.4, 0.5) is 5.69 Å². The van der Waals surface area contributed by atoms with Crippen LogP contribution in [0.25, 0.3) is 0 Å². The molecule has 0 spiro atoms. The van der Waals surface area contributed by atoms with Crippen LogP contribution in [0.5, 0.6) is 11.5 Å². The largest absolute Gasteiger partial charge is 0.493 e. The molecule has 0 aliphatic rings. The lowest BCUT2D eigenvalue weighted by atomic mass is 10.1. The molecule has 148 valence electrons. The van der Waals surface area contributed by atoms with Crippen LogP contribution in [0, 0.1) is 0 Å². The lowest BCUT2D eigenvalue weighted by molar-refractivity contribution is 0.216. The number of rotatable bonds is 7. The highest BCUT2D eigenvalue weighted by atomic mass is 32.1. The van der Waals surface area contributed by atoms with E-state index in [0.29, 0.717) is 16.6 Å². The fourth-order valence-electron chi connectivity index (χ4n) is 2.69. The number of ether oxygens (including phenoxy) is 2. The maximum atomic E-state index is 6.07. The molecule has 3 rings (SSSR count). The van der Waals surface area contributed by atoms with Gasteiger partial charge in [0.25, 0.3) is 0 Å². The Morgan fingerprint density at radius 2 is 1.66 bits per heavy atom. The molecular formula is C23H23N3O2S. The summed E-state index contributed by atoms with van der Waals surface area (Å²) in [5, 5.41) is 7.65. The SMILES string of the molecule is COc1cc(/C=N/NC(=S)Nc2ccccc2)ccc1OC(C)c1ccccc1. The van der Waals surface area contributed by atoms with E-state index in [4.69, 9.17) is 21.7 Å². The van der Waals surface area contributed by atoms with Crippen molar-refractivity contribution in [3.05, 3.63) is 90.0 Å². The van der Waals surface area contributed by atoms with E-state index in [1.165, 1.54) is 0 Å². The monoisotopic (exact) mass is 405 g/mol. The highest BCUT2D eigenvalue weighted by molar-refractivity contribution is 7.80. The molecule has 0 radical (unpaired) electrons. The molecule has 0 fully saturated rings. The number of benzene rings is 3. The Morgan fingerprint density at radius 1 is 0.966 bits per heavy atom. The molecular weight excluding hydrogens is 382 g/mol. The third kappa shape index (κ3) is 6.05. The predicted molar refractivity (Wildman–Crippen MR) is 122 cm³/mol. The van der Waals surface area contributed by atoms with Crippen LogP contribution in [0.2, 0.25) is 0 Å². The molecule has 29 heavy (non-hydrogen) atoms. The average molecular weight is 406 g/mol. The fraction of sp³-hybridized carbons (Fsp3) is 0.130. The van der Waals surface area contributed by atoms with Crippen LogP contribution >= 0.6 is 12.2 Å². The molecule has 3 aromatic carbocycles. The molecule has 0 heterocycles. The van der Waals surface area contributed by atoms with Gasteiger partial charge in [-0.25, -0.2) is 0 Å². The van der Waals surface area contributed by atoms with Crippen molar-refractivity contribution in [2.75, 3.05) is 12.4 Å². The molecule has 1 unspecified atom stereocenters. The summed E-state index contributed by atoms with van der Waals surface area (Å²) in [6.07, 6.45) is 1.58. The molecule has 2 N–H and O–H groups in total. The molecule has 0 aliphatic carbocycles. The van der Waals surface area contributed by atoms with Crippen LogP contribution in [-0.2, 0) is 0 Å². The summed E-state index contributed by atoms with van der Waals surface area (Å²) < 4.78 is 11.6. The van der Waals surface area contributed by atoms with Crippen LogP contribution in [-0.4, -0.2) is 18.4 Å². The Morgan fingerprint density at radius 3 is 2.34 bits per heavy atom. The number of hydrogen-bond donors (Lipinski definition) is 2. The van der Waals surface area contributed by atoms with Gasteiger partial charge in [0.05, 0.1) is 13.3 Å². The van der Waals surface area contributed by atoms with Crippen LogP contribution in [0.1, 0.15) is 24.2 Å². The van der Waals surface area contributed by atoms with Gasteiger partial charge in [-0.3, -0.25) is 5.43 Å². The van der Waals surface area contributed by atoms with Crippen molar-refractivity contribution in [2.24, 2.45) is 5.10 Å². The second-order valence-electron chi connectivity index (χ2n) is 6.27. The van der Waals surface area contributed by atoms with E-state index in [1.807, 2.05) is 85.8 Å². The Bertz CT molecular complexity index is 962. The second-order valence-corrected chi connectivity index (χ2v) is 6.68. The summed E-state index contributed by atoms with van der Waals surface area (Å²) in [6, 6.07) is 25.4. The van der Waals surface area contributed by atoms with Crippen molar-refractivity contribution in [1.29, 1.82) is 0 Å². The molecule has 0 aliphatic heterocycles. The minimum absolute atomic E-state index is 0.0901. The summed E-state index contributed by atoms with van der Waals surface area (Å²) in [5.41, 5.74) is 5.66. The third-order valence-electron chi connectivity index (χ3n) is 4.17. The topological polar surface area (TPSA) is 54.9 Å². The highest BCUT2D eigenvalue weighted by Crippen LogP contribution is 2.31. The fourth-order valence-corrected chi connectivity index (χ4v) is 2.86. The van der Waals surface area contributed by atoms with Gasteiger partial charge >= 0.3 is 0 Å². The van der Waals surface area contributed by atoms with Crippen LogP contribution in [0.15, 0.2) is 84.0 Å². The number of methoxy groups -OCH3 is 1. The first-order valence-corrected chi connectivity index (χ1v) is 9.61. The zero-order chi connectivity index (χ0) is 20.5. The lowest BCUT2D eigenvalue weighted by Crippen LogP contribution is -2.23. The van der Waals surface area contributed by atoms with Gasteiger partial charge in [0.15, 0.2) is 16.6 Å². The van der Waals surface area contributed by atoms with E-state index in [0.717, 1.165) is 16.8 Å². The molecule has 6 heteroatoms. The Hall–Kier alpha value is -3.38. The van der Waals surface area contributed by atoms with E-state index in [1.54, 1.807) is 13.3 Å². The van der Waals surface area contributed by atoms with Gasteiger partial charge in [-0.15, -0.1) is 0 Å². The first-order chi connectivity index (χ1) is 14.2. The first kappa shape index (κ1) is 20.4. The maximum Gasteiger partial charge on any atom is 0.191 e. The Kier molecular flexibility index (Phi) is 7.19. The van der Waals surface area contributed by atoms with E-state index < -0.39 is 0 Å². The predicted octanol–water partition coefficient (Wildman–Crippen LogP) is 5.16. The van der Waals surface area contributed by atoms with Gasteiger partial charge < -0.3 is 14.8 Å². The number of thiocarbonyl (C=S) groups is 1. The van der Waals surface area contributed by atoms with Crippen molar-refractivity contribution in [1.82, 2.24) is 5.43 Å². The van der Waals surface area contributed by atoms with Crippen molar-refractivity contribution in [2.45, 2.75) is 13.0 Å². The quantitative estimate of drug-likeness (QED) is 0.323. The zero-order valence-corrected chi connectivity index (χ0v) is 17.1. The molecule has 3 aromatic rings. The summed E-state index contributed by atoms with van der Waals surface area (Å²) in [4.78, 5) is 0. The van der Waals surface area contributed by atoms with Crippen molar-refractivity contribution < 1.29 is 9.47 Å². The van der Waals surface area contributed by atoms with Gasteiger partial charge in [-0.1, -0.05) is 48.5 Å². The van der Waals surface area contributed by atoms with Gasteiger partial charge in [-0.05, 0) is 60.6 Å². The minimum Gasteiger partial charge on any atom is -0.493 e. The summed E-state index contributed by atoms with van der Waals surface area (Å²) in [6.45, 7) is 2.01. The Labute approximate surface area is 176 Å². The second kappa shape index (κ2) is 10.2. The summed E-state index contributed by atoms with van der Waals surface area (Å²) >= 11 is 5.23.